The van der Waals surface area contributed by atoms with Crippen LogP contribution in [0.2, 0.25) is 0 Å². The van der Waals surface area contributed by atoms with Crippen molar-refractivity contribution in [2.24, 2.45) is 0 Å². The Kier molecular flexibility index (Phi) is 5.98. The number of nitrogens with one attached hydrogen (secondary N) is 1. The van der Waals surface area contributed by atoms with Crippen molar-refractivity contribution in [3.8, 4) is 11.4 Å². The molecule has 0 saturated carbocycles. The quantitative estimate of drug-likeness (QED) is 0.333. The molecule has 8 nitrogen and oxygen atoms in total. The minimum absolute atomic E-state index is 0.0678. The van der Waals surface area contributed by atoms with E-state index < -0.39 is 6.61 Å². The highest BCUT2D eigenvalue weighted by Crippen LogP contribution is 2.26. The van der Waals surface area contributed by atoms with Gasteiger partial charge in [0.05, 0.1) is 17.0 Å². The fraction of sp³-hybridized carbons (Fsp3) is 0.211. The first kappa shape index (κ1) is 20.0. The van der Waals surface area contributed by atoms with E-state index in [0.29, 0.717) is 22.4 Å². The van der Waals surface area contributed by atoms with Crippen LogP contribution in [0.4, 0.5) is 14.6 Å². The Balaban J connectivity index is 1.53. The van der Waals surface area contributed by atoms with E-state index in [0.717, 1.165) is 23.3 Å². The molecule has 30 heavy (non-hydrogen) atoms. The zero-order chi connectivity index (χ0) is 20.9. The largest absolute Gasteiger partial charge is 0.435 e. The lowest BCUT2D eigenvalue weighted by Crippen LogP contribution is -2.05. The summed E-state index contributed by atoms with van der Waals surface area (Å²) in [5.74, 6) is 1.84. The van der Waals surface area contributed by atoms with Crippen LogP contribution in [-0.2, 0) is 5.75 Å². The highest BCUT2D eigenvalue weighted by Gasteiger charge is 2.13. The minimum atomic E-state index is -2.87. The van der Waals surface area contributed by atoms with Crippen LogP contribution in [0.25, 0.3) is 16.6 Å². The first-order chi connectivity index (χ1) is 14.6. The summed E-state index contributed by atoms with van der Waals surface area (Å²) in [4.78, 5) is 9.21. The van der Waals surface area contributed by atoms with Crippen LogP contribution in [0.1, 0.15) is 12.7 Å². The number of anilines is 1. The fourth-order valence-electron chi connectivity index (χ4n) is 2.82. The molecule has 2 aromatic heterocycles. The molecule has 0 unspecified atom stereocenters. The average Bonchev–Trinajstić information content (AvgIpc) is 3.21. The summed E-state index contributed by atoms with van der Waals surface area (Å²) >= 11 is 1.40. The van der Waals surface area contributed by atoms with Gasteiger partial charge in [-0.05, 0) is 53.7 Å². The molecule has 0 bridgehead atoms. The number of aromatic nitrogens is 6. The molecule has 0 saturated heterocycles. The smallest absolute Gasteiger partial charge is 0.387 e. The van der Waals surface area contributed by atoms with Crippen molar-refractivity contribution in [2.45, 2.75) is 24.4 Å². The molecule has 4 aromatic rings. The van der Waals surface area contributed by atoms with Crippen molar-refractivity contribution in [1.29, 1.82) is 0 Å². The normalized spacial score (nSPS) is 11.2. The zero-order valence-corrected chi connectivity index (χ0v) is 16.7. The summed E-state index contributed by atoms with van der Waals surface area (Å²) in [6, 6.07) is 13.9. The number of benzene rings is 2. The molecule has 11 heteroatoms. The van der Waals surface area contributed by atoms with Gasteiger partial charge >= 0.3 is 6.61 Å². The summed E-state index contributed by atoms with van der Waals surface area (Å²) in [6.45, 7) is -0.116. The first-order valence-electron chi connectivity index (χ1n) is 9.10. The molecule has 0 atom stereocenters. The average molecular weight is 429 g/mol. The van der Waals surface area contributed by atoms with E-state index in [4.69, 9.17) is 0 Å². The van der Waals surface area contributed by atoms with Crippen molar-refractivity contribution in [3.63, 3.8) is 0 Å². The third kappa shape index (κ3) is 4.46. The van der Waals surface area contributed by atoms with Crippen LogP contribution >= 0.6 is 11.8 Å². The molecule has 0 aliphatic carbocycles. The van der Waals surface area contributed by atoms with E-state index in [1.165, 1.54) is 28.6 Å². The fourth-order valence-corrected chi connectivity index (χ4v) is 3.57. The number of fused-ring (bicyclic) bond motifs is 1. The standard InChI is InChI=1S/C19H17F2N7OS/c1-2-22-17-14-5-3-4-6-15(14)23-19(24-17)30-11-16-25-26-27-28(16)12-7-9-13(10-8-12)29-18(20)21/h3-10,18H,2,11H2,1H3,(H,22,23,24). The highest BCUT2D eigenvalue weighted by molar-refractivity contribution is 7.98. The molecule has 0 spiro atoms. The molecule has 1 N–H and O–H groups in total. The van der Waals surface area contributed by atoms with Gasteiger partial charge in [0.2, 0.25) is 0 Å². The molecule has 0 aliphatic rings. The first-order valence-corrected chi connectivity index (χ1v) is 10.1. The molecule has 4 rings (SSSR count). The SMILES string of the molecule is CCNc1nc(SCc2nnnn2-c2ccc(OC(F)F)cc2)nc2ccccc12. The van der Waals surface area contributed by atoms with Crippen LogP contribution in [0.15, 0.2) is 53.7 Å². The number of nitrogens with zero attached hydrogens (tertiary/aromatic N) is 6. The van der Waals surface area contributed by atoms with Gasteiger partial charge in [-0.25, -0.2) is 9.97 Å². The number of hydrogen-bond acceptors (Lipinski definition) is 8. The molecular weight excluding hydrogens is 412 g/mol. The third-order valence-corrected chi connectivity index (χ3v) is 4.94. The van der Waals surface area contributed by atoms with Crippen molar-refractivity contribution in [1.82, 2.24) is 30.2 Å². The summed E-state index contributed by atoms with van der Waals surface area (Å²) in [7, 11) is 0. The van der Waals surface area contributed by atoms with Crippen molar-refractivity contribution < 1.29 is 13.5 Å². The van der Waals surface area contributed by atoms with Crippen molar-refractivity contribution in [2.75, 3.05) is 11.9 Å². The van der Waals surface area contributed by atoms with Crippen molar-refractivity contribution in [3.05, 3.63) is 54.4 Å². The van der Waals surface area contributed by atoms with Gasteiger partial charge in [0.1, 0.15) is 11.6 Å². The van der Waals surface area contributed by atoms with Crippen molar-refractivity contribution >= 4 is 28.5 Å². The van der Waals surface area contributed by atoms with Gasteiger partial charge in [-0.3, -0.25) is 0 Å². The summed E-state index contributed by atoms with van der Waals surface area (Å²) in [6.07, 6.45) is 0. The number of rotatable bonds is 8. The van der Waals surface area contributed by atoms with Gasteiger partial charge in [0, 0.05) is 11.9 Å². The Morgan fingerprint density at radius 3 is 2.67 bits per heavy atom. The number of alkyl halides is 2. The Morgan fingerprint density at radius 2 is 1.90 bits per heavy atom. The van der Waals surface area contributed by atoms with Gasteiger partial charge in [-0.2, -0.15) is 13.5 Å². The summed E-state index contributed by atoms with van der Waals surface area (Å²) in [5.41, 5.74) is 1.48. The van der Waals surface area contributed by atoms with Gasteiger partial charge in [-0.1, -0.05) is 23.9 Å². The Labute approximate surface area is 174 Å². The second kappa shape index (κ2) is 8.99. The van der Waals surface area contributed by atoms with Crippen LogP contribution in [0, 0.1) is 0 Å². The van der Waals surface area contributed by atoms with E-state index in [-0.39, 0.29) is 5.75 Å². The van der Waals surface area contributed by atoms with Crippen LogP contribution < -0.4 is 10.1 Å². The van der Waals surface area contributed by atoms with E-state index in [1.54, 1.807) is 12.1 Å². The monoisotopic (exact) mass is 429 g/mol. The van der Waals surface area contributed by atoms with E-state index >= 15 is 0 Å². The second-order valence-electron chi connectivity index (χ2n) is 6.07. The lowest BCUT2D eigenvalue weighted by molar-refractivity contribution is -0.0498. The van der Waals surface area contributed by atoms with Crippen LogP contribution in [0.3, 0.4) is 0 Å². The molecule has 0 radical (unpaired) electrons. The second-order valence-corrected chi connectivity index (χ2v) is 7.01. The Morgan fingerprint density at radius 1 is 1.10 bits per heavy atom. The maximum atomic E-state index is 12.3. The maximum Gasteiger partial charge on any atom is 0.387 e. The molecular formula is C19H17F2N7OS. The highest BCUT2D eigenvalue weighted by atomic mass is 32.2. The Bertz CT molecular complexity index is 1140. The lowest BCUT2D eigenvalue weighted by Gasteiger charge is -2.09. The molecule has 0 amide bonds. The number of tetrazole rings is 1. The summed E-state index contributed by atoms with van der Waals surface area (Å²) < 4.78 is 30.5. The number of thioether (sulfide) groups is 1. The van der Waals surface area contributed by atoms with Crippen LogP contribution in [-0.4, -0.2) is 43.3 Å². The predicted octanol–water partition coefficient (Wildman–Crippen LogP) is 3.93. The molecule has 154 valence electrons. The lowest BCUT2D eigenvalue weighted by atomic mass is 10.2. The molecule has 2 aromatic carbocycles. The van der Waals surface area contributed by atoms with Crippen LogP contribution in [0.5, 0.6) is 5.75 Å². The zero-order valence-electron chi connectivity index (χ0n) is 15.9. The van der Waals surface area contributed by atoms with E-state index in [9.17, 15) is 8.78 Å². The predicted molar refractivity (Wildman–Crippen MR) is 109 cm³/mol. The topological polar surface area (TPSA) is 90.6 Å². The Hall–Kier alpha value is -3.34. The van der Waals surface area contributed by atoms with E-state index in [2.05, 4.69) is 35.5 Å². The van der Waals surface area contributed by atoms with Gasteiger partial charge < -0.3 is 10.1 Å². The third-order valence-electron chi connectivity index (χ3n) is 4.10. The maximum absolute atomic E-state index is 12.3. The van der Waals surface area contributed by atoms with Gasteiger partial charge in [0.25, 0.3) is 0 Å². The van der Waals surface area contributed by atoms with Gasteiger partial charge in [-0.15, -0.1) is 5.10 Å². The minimum Gasteiger partial charge on any atom is -0.435 e. The number of ether oxygens (including phenoxy) is 1. The number of halogens is 2. The molecule has 2 heterocycles. The molecule has 0 fully saturated rings. The van der Waals surface area contributed by atoms with E-state index in [1.807, 2.05) is 31.2 Å². The number of hydrogen-bond donors (Lipinski definition) is 1. The van der Waals surface area contributed by atoms with Gasteiger partial charge in [0.15, 0.2) is 11.0 Å². The summed E-state index contributed by atoms with van der Waals surface area (Å²) in [5, 5.41) is 16.6. The molecule has 0 aliphatic heterocycles. The number of para-hydroxylation sites is 1.